The van der Waals surface area contributed by atoms with E-state index in [-0.39, 0.29) is 12.3 Å². The lowest BCUT2D eigenvalue weighted by Crippen LogP contribution is -2.20. The smallest absolute Gasteiger partial charge is 0.171 e. The summed E-state index contributed by atoms with van der Waals surface area (Å²) in [4.78, 5) is 9.51. The molecule has 9 nitrogen and oxygen atoms in total. The number of allylic oxidation sites excluding steroid dienone is 1. The molecule has 3 aromatic rings. The van der Waals surface area contributed by atoms with Crippen LogP contribution >= 0.6 is 11.8 Å². The largest absolute Gasteiger partial charge is 0.400 e. The molecule has 4 rings (SSSR count). The second-order valence-corrected chi connectivity index (χ2v) is 11.1. The quantitative estimate of drug-likeness (QED) is 0.135. The van der Waals surface area contributed by atoms with Crippen molar-refractivity contribution in [1.29, 1.82) is 5.26 Å². The fourth-order valence-corrected chi connectivity index (χ4v) is 5.82. The second kappa shape index (κ2) is 17.2. The van der Waals surface area contributed by atoms with Gasteiger partial charge in [0.15, 0.2) is 17.8 Å². The second-order valence-electron chi connectivity index (χ2n) is 10.1. The highest BCUT2D eigenvalue weighted by atomic mass is 32.2. The molecule has 0 aliphatic carbocycles. The zero-order chi connectivity index (χ0) is 32.1. The molecule has 0 saturated carbocycles. The Morgan fingerprint density at radius 1 is 1.14 bits per heavy atom. The third-order valence-corrected chi connectivity index (χ3v) is 8.35. The molecule has 10 heteroatoms. The number of hydrogen-bond acceptors (Lipinski definition) is 9. The Morgan fingerprint density at radius 2 is 1.84 bits per heavy atom. The Hall–Kier alpha value is -4.17. The Kier molecular flexibility index (Phi) is 13.4. The standard InChI is InChI=1S/C33H38N6O2S.CH4O/c1-5-21(3)30(35)29(31(36)24-14-12-23(18-34)13-15-24)33(37-6-2)38-28-17-16-26(40-28)19-42-20-27-22(4)39-41-32(27)25-10-8-7-9-11-25;1-2/h6-15,26,28H,5,16-17,19-20,35-36H2,1-4H3;2H,1H3/b30-21-,31-29-,37-6?,38-33-;. The van der Waals surface area contributed by atoms with Crippen LogP contribution < -0.4 is 11.5 Å². The summed E-state index contributed by atoms with van der Waals surface area (Å²) in [6, 6.07) is 19.3. The van der Waals surface area contributed by atoms with Crippen molar-refractivity contribution in [2.24, 2.45) is 21.5 Å². The van der Waals surface area contributed by atoms with Crippen molar-refractivity contribution in [1.82, 2.24) is 5.16 Å². The molecule has 0 spiro atoms. The van der Waals surface area contributed by atoms with Crippen molar-refractivity contribution in [2.75, 3.05) is 12.9 Å². The topological polar surface area (TPSA) is 156 Å². The van der Waals surface area contributed by atoms with Gasteiger partial charge in [0.1, 0.15) is 0 Å². The number of nitriles is 1. The van der Waals surface area contributed by atoms with Gasteiger partial charge in [0, 0.05) is 41.7 Å². The average Bonchev–Trinajstić information content (AvgIpc) is 3.67. The fourth-order valence-electron chi connectivity index (χ4n) is 4.65. The SMILES string of the molecule is CC=NC(=N\C1CCC(CSCc2c(C)noc2-c2ccccc2)O1)/C(C(/N)=C(\C)CC)=C(\N)c1ccc(C#N)cc1.CO. The summed E-state index contributed by atoms with van der Waals surface area (Å²) in [5.41, 5.74) is 20.3. The van der Waals surface area contributed by atoms with Gasteiger partial charge in [-0.3, -0.25) is 0 Å². The number of nitrogens with two attached hydrogens (primary N) is 2. The predicted molar refractivity (Wildman–Crippen MR) is 180 cm³/mol. The molecule has 1 fully saturated rings. The highest BCUT2D eigenvalue weighted by Gasteiger charge is 2.27. The summed E-state index contributed by atoms with van der Waals surface area (Å²) in [7, 11) is 1.00. The Morgan fingerprint density at radius 3 is 2.48 bits per heavy atom. The van der Waals surface area contributed by atoms with Gasteiger partial charge in [-0.25, -0.2) is 9.98 Å². The van der Waals surface area contributed by atoms with Crippen molar-refractivity contribution in [3.63, 3.8) is 0 Å². The van der Waals surface area contributed by atoms with Gasteiger partial charge >= 0.3 is 0 Å². The molecular weight excluding hydrogens is 572 g/mol. The number of rotatable bonds is 10. The van der Waals surface area contributed by atoms with Gasteiger partial charge in [-0.1, -0.05) is 54.5 Å². The molecule has 0 bridgehead atoms. The summed E-state index contributed by atoms with van der Waals surface area (Å²) in [5.74, 6) is 2.87. The first-order valence-corrected chi connectivity index (χ1v) is 15.7. The van der Waals surface area contributed by atoms with E-state index in [0.717, 1.165) is 71.6 Å². The maximum Gasteiger partial charge on any atom is 0.171 e. The maximum atomic E-state index is 9.20. The number of ether oxygens (including phenoxy) is 1. The van der Waals surface area contributed by atoms with Crippen molar-refractivity contribution >= 4 is 29.5 Å². The van der Waals surface area contributed by atoms with E-state index >= 15 is 0 Å². The van der Waals surface area contributed by atoms with E-state index in [1.54, 1.807) is 30.1 Å². The highest BCUT2D eigenvalue weighted by molar-refractivity contribution is 7.98. The Balaban J connectivity index is 0.00000259. The minimum atomic E-state index is -0.356. The van der Waals surface area contributed by atoms with E-state index in [1.807, 2.05) is 70.2 Å². The van der Waals surface area contributed by atoms with Crippen LogP contribution in [-0.2, 0) is 10.5 Å². The molecule has 2 atom stereocenters. The minimum Gasteiger partial charge on any atom is -0.400 e. The van der Waals surface area contributed by atoms with E-state index in [1.165, 1.54) is 0 Å². The summed E-state index contributed by atoms with van der Waals surface area (Å²) >= 11 is 1.80. The third-order valence-electron chi connectivity index (χ3n) is 7.25. The number of amidine groups is 1. The van der Waals surface area contributed by atoms with Crippen molar-refractivity contribution in [3.8, 4) is 17.4 Å². The number of aliphatic hydroxyl groups excluding tert-OH is 1. The number of benzene rings is 2. The summed E-state index contributed by atoms with van der Waals surface area (Å²) < 4.78 is 12.0. The van der Waals surface area contributed by atoms with Gasteiger partial charge in [0.05, 0.1) is 34.7 Å². The van der Waals surface area contributed by atoms with Gasteiger partial charge in [0.2, 0.25) is 0 Å². The molecule has 232 valence electrons. The maximum absolute atomic E-state index is 9.20. The highest BCUT2D eigenvalue weighted by Crippen LogP contribution is 2.32. The lowest BCUT2D eigenvalue weighted by molar-refractivity contribution is 0.0642. The Bertz CT molecular complexity index is 1540. The van der Waals surface area contributed by atoms with Crippen LogP contribution in [0.5, 0.6) is 0 Å². The van der Waals surface area contributed by atoms with Gasteiger partial charge in [0.25, 0.3) is 0 Å². The molecule has 1 saturated heterocycles. The number of aliphatic hydroxyl groups is 1. The van der Waals surface area contributed by atoms with Crippen LogP contribution in [0.4, 0.5) is 0 Å². The average molecular weight is 615 g/mol. The number of aryl methyl sites for hydroxylation is 1. The number of aliphatic imine (C=N–C) groups is 2. The summed E-state index contributed by atoms with van der Waals surface area (Å²) in [6.45, 7) is 7.84. The lowest BCUT2D eigenvalue weighted by Gasteiger charge is -2.17. The van der Waals surface area contributed by atoms with Crippen LogP contribution in [0.15, 0.2) is 85.9 Å². The molecule has 1 aromatic heterocycles. The van der Waals surface area contributed by atoms with Crippen LogP contribution in [0.3, 0.4) is 0 Å². The molecule has 0 amide bonds. The van der Waals surface area contributed by atoms with Crippen molar-refractivity contribution in [2.45, 2.75) is 65.0 Å². The molecular formula is C34H42N6O3S. The van der Waals surface area contributed by atoms with Crippen LogP contribution in [0.25, 0.3) is 17.0 Å². The lowest BCUT2D eigenvalue weighted by atomic mass is 9.99. The first kappa shape index (κ1) is 34.3. The van der Waals surface area contributed by atoms with Gasteiger partial charge in [-0.15, -0.1) is 0 Å². The minimum absolute atomic E-state index is 0.0597. The molecule has 2 aromatic carbocycles. The van der Waals surface area contributed by atoms with E-state index < -0.39 is 0 Å². The van der Waals surface area contributed by atoms with Gasteiger partial charge in [-0.2, -0.15) is 17.0 Å². The molecule has 44 heavy (non-hydrogen) atoms. The molecule has 1 aliphatic heterocycles. The molecule has 2 heterocycles. The number of hydrogen-bond donors (Lipinski definition) is 3. The number of aromatic nitrogens is 1. The molecule has 5 N–H and O–H groups in total. The van der Waals surface area contributed by atoms with Crippen LogP contribution in [0, 0.1) is 18.3 Å². The predicted octanol–water partition coefficient (Wildman–Crippen LogP) is 6.37. The van der Waals surface area contributed by atoms with Gasteiger partial charge < -0.3 is 25.8 Å². The zero-order valence-corrected chi connectivity index (χ0v) is 26.9. The molecule has 1 aliphatic rings. The van der Waals surface area contributed by atoms with E-state index in [0.29, 0.717) is 28.4 Å². The fraction of sp³-hybridized carbons (Fsp3) is 0.353. The first-order valence-electron chi connectivity index (χ1n) is 14.6. The van der Waals surface area contributed by atoms with E-state index in [4.69, 9.17) is 30.8 Å². The number of nitrogens with zero attached hydrogens (tertiary/aromatic N) is 4. The monoisotopic (exact) mass is 614 g/mol. The van der Waals surface area contributed by atoms with E-state index in [9.17, 15) is 5.26 Å². The first-order chi connectivity index (χ1) is 21.4. The molecule has 2 unspecified atom stereocenters. The van der Waals surface area contributed by atoms with Crippen LogP contribution in [0.2, 0.25) is 0 Å². The zero-order valence-electron chi connectivity index (χ0n) is 26.1. The van der Waals surface area contributed by atoms with Crippen molar-refractivity contribution in [3.05, 3.63) is 93.8 Å². The Labute approximate surface area is 264 Å². The molecule has 0 radical (unpaired) electrons. The van der Waals surface area contributed by atoms with E-state index in [2.05, 4.69) is 16.2 Å². The van der Waals surface area contributed by atoms with Crippen LogP contribution in [-0.4, -0.2) is 47.5 Å². The summed E-state index contributed by atoms with van der Waals surface area (Å²) in [6.07, 6.45) is 3.82. The van der Waals surface area contributed by atoms with Crippen LogP contribution in [0.1, 0.15) is 62.4 Å². The third kappa shape index (κ3) is 8.69. The van der Waals surface area contributed by atoms with Crippen molar-refractivity contribution < 1.29 is 14.4 Å². The number of thioether (sulfide) groups is 1. The normalized spacial score (nSPS) is 17.9. The summed E-state index contributed by atoms with van der Waals surface area (Å²) in [5, 5.41) is 20.4. The van der Waals surface area contributed by atoms with Gasteiger partial charge in [-0.05, 0) is 63.3 Å².